The lowest BCUT2D eigenvalue weighted by Gasteiger charge is -2.16. The van der Waals surface area contributed by atoms with Gasteiger partial charge >= 0.3 is 12.4 Å². The van der Waals surface area contributed by atoms with Crippen molar-refractivity contribution in [1.29, 1.82) is 0 Å². The number of amides is 1. The Labute approximate surface area is 110 Å². The van der Waals surface area contributed by atoms with E-state index >= 15 is 0 Å². The van der Waals surface area contributed by atoms with Crippen LogP contribution in [0.25, 0.3) is 0 Å². The lowest BCUT2D eigenvalue weighted by molar-refractivity contribution is -0.137. The monoisotopic (exact) mass is 300 g/mol. The van der Waals surface area contributed by atoms with E-state index in [9.17, 15) is 31.1 Å². The largest absolute Gasteiger partial charge is 0.416 e. The zero-order valence-corrected chi connectivity index (χ0v) is 10.1. The molecule has 0 saturated heterocycles. The number of carbonyl (C=O) groups excluding carboxylic acids is 1. The Balaban J connectivity index is 3.07. The van der Waals surface area contributed by atoms with Crippen LogP contribution in [-0.2, 0) is 11.0 Å². The van der Waals surface area contributed by atoms with E-state index in [0.29, 0.717) is 12.1 Å². The molecule has 112 valence electrons. The number of halogens is 6. The van der Waals surface area contributed by atoms with Crippen LogP contribution in [0.3, 0.4) is 0 Å². The van der Waals surface area contributed by atoms with E-state index < -0.39 is 30.4 Å². The SMILES string of the molecule is CC(=O)Nc1cc(C(F)(F)F)ccc1NCC(F)(F)F. The Hall–Kier alpha value is -1.93. The van der Waals surface area contributed by atoms with Crippen molar-refractivity contribution in [1.82, 2.24) is 0 Å². The highest BCUT2D eigenvalue weighted by Gasteiger charge is 2.32. The highest BCUT2D eigenvalue weighted by molar-refractivity contribution is 5.92. The van der Waals surface area contributed by atoms with E-state index in [4.69, 9.17) is 0 Å². The summed E-state index contributed by atoms with van der Waals surface area (Å²) in [6.07, 6.45) is -9.19. The molecule has 1 aromatic carbocycles. The summed E-state index contributed by atoms with van der Waals surface area (Å²) in [6, 6.07) is 2.03. The molecule has 20 heavy (non-hydrogen) atoms. The van der Waals surface area contributed by atoms with Crippen molar-refractivity contribution < 1.29 is 31.1 Å². The van der Waals surface area contributed by atoms with Gasteiger partial charge in [0.2, 0.25) is 5.91 Å². The number of hydrogen-bond donors (Lipinski definition) is 2. The van der Waals surface area contributed by atoms with E-state index in [1.165, 1.54) is 0 Å². The molecule has 1 amide bonds. The van der Waals surface area contributed by atoms with Crippen molar-refractivity contribution in [2.24, 2.45) is 0 Å². The van der Waals surface area contributed by atoms with E-state index in [-0.39, 0.29) is 11.4 Å². The van der Waals surface area contributed by atoms with Gasteiger partial charge < -0.3 is 10.6 Å². The number of benzene rings is 1. The van der Waals surface area contributed by atoms with Crippen molar-refractivity contribution in [3.63, 3.8) is 0 Å². The molecular weight excluding hydrogens is 290 g/mol. The molecule has 1 aromatic rings. The number of alkyl halides is 6. The predicted octanol–water partition coefficient (Wildman–Crippen LogP) is 3.64. The van der Waals surface area contributed by atoms with Gasteiger partial charge in [0.15, 0.2) is 0 Å². The zero-order chi connectivity index (χ0) is 15.6. The van der Waals surface area contributed by atoms with Gasteiger partial charge in [-0.2, -0.15) is 26.3 Å². The van der Waals surface area contributed by atoms with Gasteiger partial charge in [-0.3, -0.25) is 4.79 Å². The number of hydrogen-bond acceptors (Lipinski definition) is 2. The quantitative estimate of drug-likeness (QED) is 0.837. The number of carbonyl (C=O) groups is 1. The van der Waals surface area contributed by atoms with Crippen LogP contribution in [0, 0.1) is 0 Å². The maximum atomic E-state index is 12.5. The maximum Gasteiger partial charge on any atom is 0.416 e. The first-order valence-electron chi connectivity index (χ1n) is 5.28. The summed E-state index contributed by atoms with van der Waals surface area (Å²) >= 11 is 0. The van der Waals surface area contributed by atoms with Gasteiger partial charge in [0.25, 0.3) is 0 Å². The van der Waals surface area contributed by atoms with Crippen LogP contribution in [0.15, 0.2) is 18.2 Å². The lowest BCUT2D eigenvalue weighted by atomic mass is 10.1. The summed E-state index contributed by atoms with van der Waals surface area (Å²) in [5.41, 5.74) is -1.68. The molecule has 3 nitrogen and oxygen atoms in total. The van der Waals surface area contributed by atoms with Crippen LogP contribution in [0.4, 0.5) is 37.7 Å². The van der Waals surface area contributed by atoms with Crippen molar-refractivity contribution >= 4 is 17.3 Å². The first-order valence-corrected chi connectivity index (χ1v) is 5.28. The summed E-state index contributed by atoms with van der Waals surface area (Å²) in [6.45, 7) is -0.390. The Bertz CT molecular complexity index is 495. The van der Waals surface area contributed by atoms with E-state index in [1.807, 2.05) is 5.32 Å². The minimum absolute atomic E-state index is 0.245. The molecule has 0 radical (unpaired) electrons. The summed E-state index contributed by atoms with van der Waals surface area (Å²) in [5, 5.41) is 3.98. The normalized spacial score (nSPS) is 12.2. The third kappa shape index (κ3) is 4.98. The van der Waals surface area contributed by atoms with Crippen LogP contribution in [-0.4, -0.2) is 18.6 Å². The van der Waals surface area contributed by atoms with Gasteiger partial charge in [-0.25, -0.2) is 0 Å². The maximum absolute atomic E-state index is 12.5. The summed E-state index contributed by atoms with van der Waals surface area (Å²) in [7, 11) is 0. The van der Waals surface area contributed by atoms with Crippen molar-refractivity contribution in [2.75, 3.05) is 17.2 Å². The minimum Gasteiger partial charge on any atom is -0.375 e. The van der Waals surface area contributed by atoms with Gasteiger partial charge in [-0.1, -0.05) is 0 Å². The molecule has 0 atom stereocenters. The van der Waals surface area contributed by atoms with Crippen LogP contribution < -0.4 is 10.6 Å². The fraction of sp³-hybridized carbons (Fsp3) is 0.364. The first kappa shape index (κ1) is 16.1. The molecule has 0 fully saturated rings. The molecule has 2 N–H and O–H groups in total. The second kappa shape index (κ2) is 5.59. The third-order valence-corrected chi connectivity index (χ3v) is 2.14. The molecule has 0 unspecified atom stereocenters. The molecule has 0 aliphatic rings. The van der Waals surface area contributed by atoms with Gasteiger partial charge in [0.05, 0.1) is 16.9 Å². The van der Waals surface area contributed by atoms with Crippen LogP contribution in [0.2, 0.25) is 0 Å². The standard InChI is InChI=1S/C11H10F6N2O/c1-6(20)19-9-4-7(11(15,16)17)2-3-8(9)18-5-10(12,13)14/h2-4,18H,5H2,1H3,(H,19,20). The number of nitrogens with one attached hydrogen (secondary N) is 2. The van der Waals surface area contributed by atoms with Crippen LogP contribution in [0.1, 0.15) is 12.5 Å². The first-order chi connectivity index (χ1) is 8.99. The average Bonchev–Trinajstić information content (AvgIpc) is 2.24. The molecule has 0 saturated carbocycles. The molecule has 0 aliphatic carbocycles. The predicted molar refractivity (Wildman–Crippen MR) is 60.3 cm³/mol. The van der Waals surface area contributed by atoms with Gasteiger partial charge in [0, 0.05) is 6.92 Å². The van der Waals surface area contributed by atoms with E-state index in [2.05, 4.69) is 5.32 Å². The molecule has 0 aliphatic heterocycles. The number of anilines is 2. The topological polar surface area (TPSA) is 41.1 Å². The third-order valence-electron chi connectivity index (χ3n) is 2.14. The van der Waals surface area contributed by atoms with Crippen molar-refractivity contribution in [3.05, 3.63) is 23.8 Å². The number of rotatable bonds is 3. The molecular formula is C11H10F6N2O. The Morgan fingerprint density at radius 2 is 1.70 bits per heavy atom. The van der Waals surface area contributed by atoms with E-state index in [1.54, 1.807) is 0 Å². The molecule has 0 heterocycles. The highest BCUT2D eigenvalue weighted by Crippen LogP contribution is 2.34. The van der Waals surface area contributed by atoms with Gasteiger partial charge in [-0.15, -0.1) is 0 Å². The van der Waals surface area contributed by atoms with Crippen LogP contribution in [0.5, 0.6) is 0 Å². The van der Waals surface area contributed by atoms with Crippen molar-refractivity contribution in [2.45, 2.75) is 19.3 Å². The van der Waals surface area contributed by atoms with Crippen LogP contribution >= 0.6 is 0 Å². The second-order valence-corrected chi connectivity index (χ2v) is 3.91. The van der Waals surface area contributed by atoms with E-state index in [0.717, 1.165) is 13.0 Å². The molecule has 1 rings (SSSR count). The Kier molecular flexibility index (Phi) is 4.51. The lowest BCUT2D eigenvalue weighted by Crippen LogP contribution is -2.22. The Morgan fingerprint density at radius 1 is 1.10 bits per heavy atom. The summed E-state index contributed by atoms with van der Waals surface area (Å²) < 4.78 is 73.7. The highest BCUT2D eigenvalue weighted by atomic mass is 19.4. The summed E-state index contributed by atoms with van der Waals surface area (Å²) in [4.78, 5) is 10.9. The fourth-order valence-corrected chi connectivity index (χ4v) is 1.36. The fourth-order valence-electron chi connectivity index (χ4n) is 1.36. The Morgan fingerprint density at radius 3 is 2.15 bits per heavy atom. The summed E-state index contributed by atoms with van der Waals surface area (Å²) in [5.74, 6) is -0.695. The molecule has 9 heteroatoms. The molecule has 0 aromatic heterocycles. The zero-order valence-electron chi connectivity index (χ0n) is 10.1. The van der Waals surface area contributed by atoms with Gasteiger partial charge in [-0.05, 0) is 18.2 Å². The average molecular weight is 300 g/mol. The molecule has 0 bridgehead atoms. The van der Waals surface area contributed by atoms with Crippen molar-refractivity contribution in [3.8, 4) is 0 Å². The second-order valence-electron chi connectivity index (χ2n) is 3.91. The molecule has 0 spiro atoms. The minimum atomic E-state index is -4.66. The smallest absolute Gasteiger partial charge is 0.375 e. The van der Waals surface area contributed by atoms with Gasteiger partial charge in [0.1, 0.15) is 6.54 Å².